The Morgan fingerprint density at radius 1 is 0.957 bits per heavy atom. The molecule has 1 saturated carbocycles. The Morgan fingerprint density at radius 3 is 2.39 bits per heavy atom. The molecule has 0 radical (unpaired) electrons. The van der Waals surface area contributed by atoms with Crippen LogP contribution in [0.5, 0.6) is 0 Å². The van der Waals surface area contributed by atoms with E-state index >= 15 is 0 Å². The standard InChI is InChI=1S/C18H27N5/c1-14-17-7-8-23(18(17)20-13-19-14)16-5-3-15(4-6-16)22-11-9-21(2)10-12-22/h7-8,13,15-16H,3-6,9-12H2,1-2H3. The van der Waals surface area contributed by atoms with E-state index in [1.165, 1.54) is 57.2 Å². The van der Waals surface area contributed by atoms with Crippen LogP contribution in [0.3, 0.4) is 0 Å². The Hall–Kier alpha value is -1.46. The number of likely N-dealkylation sites (N-methyl/N-ethyl adjacent to an activating group) is 1. The average Bonchev–Trinajstić information content (AvgIpc) is 3.01. The van der Waals surface area contributed by atoms with Crippen molar-refractivity contribution in [1.82, 2.24) is 24.3 Å². The first kappa shape index (κ1) is 15.1. The molecule has 0 bridgehead atoms. The molecule has 5 nitrogen and oxygen atoms in total. The van der Waals surface area contributed by atoms with E-state index in [4.69, 9.17) is 0 Å². The van der Waals surface area contributed by atoms with Gasteiger partial charge < -0.3 is 9.47 Å². The highest BCUT2D eigenvalue weighted by molar-refractivity contribution is 5.78. The first-order valence-electron chi connectivity index (χ1n) is 8.93. The van der Waals surface area contributed by atoms with Crippen molar-refractivity contribution in [2.75, 3.05) is 33.2 Å². The minimum Gasteiger partial charge on any atom is -0.329 e. The second-order valence-corrected chi connectivity index (χ2v) is 7.22. The Balaban J connectivity index is 1.44. The summed E-state index contributed by atoms with van der Waals surface area (Å²) in [6.07, 6.45) is 9.08. The van der Waals surface area contributed by atoms with Gasteiger partial charge in [-0.25, -0.2) is 9.97 Å². The topological polar surface area (TPSA) is 37.2 Å². The molecule has 0 atom stereocenters. The second-order valence-electron chi connectivity index (χ2n) is 7.22. The minimum atomic E-state index is 0.602. The second kappa shape index (κ2) is 6.21. The number of hydrogen-bond acceptors (Lipinski definition) is 4. The van der Waals surface area contributed by atoms with Crippen molar-refractivity contribution in [3.63, 3.8) is 0 Å². The molecule has 2 aliphatic rings. The highest BCUT2D eigenvalue weighted by Gasteiger charge is 2.28. The quantitative estimate of drug-likeness (QED) is 0.853. The van der Waals surface area contributed by atoms with Gasteiger partial charge >= 0.3 is 0 Å². The van der Waals surface area contributed by atoms with Gasteiger partial charge in [-0.1, -0.05) is 0 Å². The summed E-state index contributed by atoms with van der Waals surface area (Å²) in [5.41, 5.74) is 2.19. The summed E-state index contributed by atoms with van der Waals surface area (Å²) in [4.78, 5) is 14.0. The third-order valence-electron chi connectivity index (χ3n) is 5.82. The Kier molecular flexibility index (Phi) is 4.07. The smallest absolute Gasteiger partial charge is 0.143 e. The fraction of sp³-hybridized carbons (Fsp3) is 0.667. The lowest BCUT2D eigenvalue weighted by Crippen LogP contribution is -2.49. The molecule has 3 heterocycles. The predicted octanol–water partition coefficient (Wildman–Crippen LogP) is 2.47. The zero-order valence-corrected chi connectivity index (χ0v) is 14.3. The summed E-state index contributed by atoms with van der Waals surface area (Å²) < 4.78 is 2.39. The fourth-order valence-corrected chi connectivity index (χ4v) is 4.28. The van der Waals surface area contributed by atoms with E-state index in [0.29, 0.717) is 6.04 Å². The van der Waals surface area contributed by atoms with Crippen molar-refractivity contribution in [1.29, 1.82) is 0 Å². The third kappa shape index (κ3) is 2.88. The number of aromatic nitrogens is 3. The molecular weight excluding hydrogens is 286 g/mol. The molecule has 0 aromatic carbocycles. The normalized spacial score (nSPS) is 27.6. The molecule has 0 amide bonds. The molecule has 0 spiro atoms. The summed E-state index contributed by atoms with van der Waals surface area (Å²) in [6, 6.07) is 3.57. The van der Waals surface area contributed by atoms with E-state index in [-0.39, 0.29) is 0 Å². The van der Waals surface area contributed by atoms with Gasteiger partial charge in [-0.15, -0.1) is 0 Å². The SMILES string of the molecule is Cc1ncnc2c1ccn2C1CCC(N2CCN(C)CC2)CC1. The van der Waals surface area contributed by atoms with Crippen LogP contribution in [0.1, 0.15) is 37.4 Å². The molecule has 4 rings (SSSR count). The van der Waals surface area contributed by atoms with Crippen LogP contribution in [0.2, 0.25) is 0 Å². The van der Waals surface area contributed by atoms with Crippen molar-refractivity contribution in [3.8, 4) is 0 Å². The molecule has 2 fully saturated rings. The van der Waals surface area contributed by atoms with Gasteiger partial charge in [0.15, 0.2) is 0 Å². The van der Waals surface area contributed by atoms with Crippen molar-refractivity contribution < 1.29 is 0 Å². The molecule has 1 aliphatic carbocycles. The van der Waals surface area contributed by atoms with Gasteiger partial charge in [-0.2, -0.15) is 0 Å². The maximum absolute atomic E-state index is 4.53. The first-order chi connectivity index (χ1) is 11.2. The van der Waals surface area contributed by atoms with Gasteiger partial charge in [0, 0.05) is 49.8 Å². The van der Waals surface area contributed by atoms with E-state index in [9.17, 15) is 0 Å². The first-order valence-corrected chi connectivity index (χ1v) is 8.93. The van der Waals surface area contributed by atoms with Crippen molar-refractivity contribution in [3.05, 3.63) is 24.3 Å². The molecule has 23 heavy (non-hydrogen) atoms. The van der Waals surface area contributed by atoms with Gasteiger partial charge in [-0.05, 0) is 45.7 Å². The molecular formula is C18H27N5. The molecule has 5 heteroatoms. The van der Waals surface area contributed by atoms with Crippen molar-refractivity contribution in [2.24, 2.45) is 0 Å². The lowest BCUT2D eigenvalue weighted by molar-refractivity contribution is 0.0827. The molecule has 124 valence electrons. The number of piperazine rings is 1. The van der Waals surface area contributed by atoms with Gasteiger partial charge in [0.2, 0.25) is 0 Å². The van der Waals surface area contributed by atoms with Gasteiger partial charge in [0.1, 0.15) is 12.0 Å². The zero-order valence-electron chi connectivity index (χ0n) is 14.3. The van der Waals surface area contributed by atoms with Crippen LogP contribution in [-0.2, 0) is 0 Å². The molecule has 2 aromatic heterocycles. The lowest BCUT2D eigenvalue weighted by atomic mass is 9.89. The largest absolute Gasteiger partial charge is 0.329 e. The molecule has 1 aliphatic heterocycles. The fourth-order valence-electron chi connectivity index (χ4n) is 4.28. The maximum Gasteiger partial charge on any atom is 0.143 e. The Labute approximate surface area is 138 Å². The minimum absolute atomic E-state index is 0.602. The highest BCUT2D eigenvalue weighted by Crippen LogP contribution is 2.33. The summed E-state index contributed by atoms with van der Waals surface area (Å²) in [5.74, 6) is 0. The van der Waals surface area contributed by atoms with Crippen LogP contribution in [0, 0.1) is 6.92 Å². The summed E-state index contributed by atoms with van der Waals surface area (Å²) in [6.45, 7) is 6.99. The van der Waals surface area contributed by atoms with E-state index in [1.807, 2.05) is 0 Å². The summed E-state index contributed by atoms with van der Waals surface area (Å²) in [7, 11) is 2.23. The lowest BCUT2D eigenvalue weighted by Gasteiger charge is -2.41. The number of hydrogen-bond donors (Lipinski definition) is 0. The average molecular weight is 313 g/mol. The Bertz CT molecular complexity index is 663. The van der Waals surface area contributed by atoms with Gasteiger partial charge in [-0.3, -0.25) is 4.90 Å². The molecule has 0 unspecified atom stereocenters. The van der Waals surface area contributed by atoms with Gasteiger partial charge in [0.05, 0.1) is 5.69 Å². The Morgan fingerprint density at radius 2 is 1.65 bits per heavy atom. The maximum atomic E-state index is 4.53. The highest BCUT2D eigenvalue weighted by atomic mass is 15.3. The van der Waals surface area contributed by atoms with E-state index in [2.05, 4.69) is 50.6 Å². The summed E-state index contributed by atoms with van der Waals surface area (Å²) in [5, 5.41) is 1.20. The molecule has 2 aromatic rings. The third-order valence-corrected chi connectivity index (χ3v) is 5.82. The number of rotatable bonds is 2. The van der Waals surface area contributed by atoms with Crippen LogP contribution in [0.15, 0.2) is 18.6 Å². The van der Waals surface area contributed by atoms with Crippen LogP contribution < -0.4 is 0 Å². The summed E-state index contributed by atoms with van der Waals surface area (Å²) >= 11 is 0. The van der Waals surface area contributed by atoms with Crippen molar-refractivity contribution in [2.45, 2.75) is 44.7 Å². The van der Waals surface area contributed by atoms with Crippen LogP contribution >= 0.6 is 0 Å². The van der Waals surface area contributed by atoms with E-state index in [1.54, 1.807) is 6.33 Å². The van der Waals surface area contributed by atoms with Crippen molar-refractivity contribution >= 4 is 11.0 Å². The number of fused-ring (bicyclic) bond motifs is 1. The predicted molar refractivity (Wildman–Crippen MR) is 92.6 cm³/mol. The van der Waals surface area contributed by atoms with Crippen LogP contribution in [0.4, 0.5) is 0 Å². The van der Waals surface area contributed by atoms with E-state index < -0.39 is 0 Å². The van der Waals surface area contributed by atoms with E-state index in [0.717, 1.165) is 17.4 Å². The van der Waals surface area contributed by atoms with Crippen LogP contribution in [-0.4, -0.2) is 63.6 Å². The zero-order chi connectivity index (χ0) is 15.8. The number of nitrogens with zero attached hydrogens (tertiary/aromatic N) is 5. The number of aryl methyl sites for hydroxylation is 1. The molecule has 0 N–H and O–H groups in total. The molecule has 1 saturated heterocycles. The van der Waals surface area contributed by atoms with Crippen LogP contribution in [0.25, 0.3) is 11.0 Å². The monoisotopic (exact) mass is 313 g/mol. The van der Waals surface area contributed by atoms with Gasteiger partial charge in [0.25, 0.3) is 0 Å².